The molecular weight excluding hydrogens is 493 g/mol. The van der Waals surface area contributed by atoms with Crippen molar-refractivity contribution in [2.24, 2.45) is 0 Å². The molecule has 1 aliphatic carbocycles. The fourth-order valence-corrected chi connectivity index (χ4v) is 5.20. The largest absolute Gasteiger partial charge is 0.507 e. The summed E-state index contributed by atoms with van der Waals surface area (Å²) in [6, 6.07) is 9.37. The number of carbonyl (C=O) groups is 3. The van der Waals surface area contributed by atoms with Crippen molar-refractivity contribution in [3.05, 3.63) is 87.6 Å². The van der Waals surface area contributed by atoms with Crippen LogP contribution in [-0.2, 0) is 21.5 Å². The molecule has 1 amide bonds. The monoisotopic (exact) mass is 517 g/mol. The van der Waals surface area contributed by atoms with Crippen LogP contribution in [0.2, 0.25) is 0 Å². The minimum Gasteiger partial charge on any atom is -0.507 e. The number of phenols is 1. The zero-order valence-electron chi connectivity index (χ0n) is 21.1. The number of phenolic OH excluding ortho intramolecular Hbond substituents is 1. The third-order valence-electron chi connectivity index (χ3n) is 7.21. The summed E-state index contributed by atoms with van der Waals surface area (Å²) in [6.07, 6.45) is 1.14. The molecule has 0 saturated heterocycles. The van der Waals surface area contributed by atoms with E-state index in [1.165, 1.54) is 26.2 Å². The number of allylic oxidation sites excluding steroid dienone is 3. The molecule has 0 radical (unpaired) electrons. The molecule has 1 aliphatic heterocycles. The number of nitrogens with one attached hydrogen (secondary N) is 1. The van der Waals surface area contributed by atoms with Gasteiger partial charge >= 0.3 is 0 Å². The molecule has 3 aromatic rings. The molecule has 1 atom stereocenters. The highest BCUT2D eigenvalue weighted by Gasteiger charge is 2.55. The molecule has 0 saturated carbocycles. The zero-order chi connectivity index (χ0) is 27.5. The Morgan fingerprint density at radius 2 is 1.89 bits per heavy atom. The van der Waals surface area contributed by atoms with Gasteiger partial charge in [0.25, 0.3) is 5.91 Å². The molecule has 0 spiro atoms. The minimum atomic E-state index is -1.66. The van der Waals surface area contributed by atoms with Crippen molar-refractivity contribution < 1.29 is 38.5 Å². The molecule has 194 valence electrons. The van der Waals surface area contributed by atoms with Gasteiger partial charge in [0.2, 0.25) is 0 Å². The number of ether oxygens (including phenoxy) is 2. The number of amides is 1. The SMILES string of the molecule is COc1cc(O)c2c(c1C(=O)NCc1c(C)ccc3c(F)cccc13)OC1=CC(O)=C(C(C)=O)C(=O)[C@]12C. The van der Waals surface area contributed by atoms with Crippen LogP contribution in [0.1, 0.15) is 40.9 Å². The number of methoxy groups -OCH3 is 1. The molecule has 3 N–H and O–H groups in total. The fraction of sp³-hybridized carbons (Fsp3) is 0.207. The Kier molecular flexibility index (Phi) is 5.74. The Hall–Kier alpha value is -4.66. The first-order valence-electron chi connectivity index (χ1n) is 11.8. The highest BCUT2D eigenvalue weighted by Crippen LogP contribution is 2.56. The van der Waals surface area contributed by atoms with Gasteiger partial charge in [-0.25, -0.2) is 4.39 Å². The van der Waals surface area contributed by atoms with Crippen LogP contribution in [0.25, 0.3) is 10.8 Å². The van der Waals surface area contributed by atoms with Crippen LogP contribution in [0.15, 0.2) is 59.6 Å². The molecule has 0 unspecified atom stereocenters. The van der Waals surface area contributed by atoms with Crippen molar-refractivity contribution in [2.75, 3.05) is 7.11 Å². The van der Waals surface area contributed by atoms with Crippen LogP contribution in [0.4, 0.5) is 4.39 Å². The van der Waals surface area contributed by atoms with Gasteiger partial charge in [0, 0.05) is 24.1 Å². The summed E-state index contributed by atoms with van der Waals surface area (Å²) >= 11 is 0. The van der Waals surface area contributed by atoms with Crippen molar-refractivity contribution in [2.45, 2.75) is 32.7 Å². The van der Waals surface area contributed by atoms with E-state index >= 15 is 0 Å². The van der Waals surface area contributed by atoms with Gasteiger partial charge in [-0.1, -0.05) is 24.3 Å². The van der Waals surface area contributed by atoms with E-state index in [-0.39, 0.29) is 46.5 Å². The van der Waals surface area contributed by atoms with E-state index in [0.29, 0.717) is 16.3 Å². The number of aromatic hydroxyl groups is 1. The Morgan fingerprint density at radius 1 is 1.16 bits per heavy atom. The summed E-state index contributed by atoms with van der Waals surface area (Å²) in [5, 5.41) is 25.1. The van der Waals surface area contributed by atoms with Gasteiger partial charge in [0.1, 0.15) is 45.4 Å². The Balaban J connectivity index is 1.59. The minimum absolute atomic E-state index is 0.0151. The molecule has 2 aliphatic rings. The van der Waals surface area contributed by atoms with E-state index in [1.54, 1.807) is 24.3 Å². The van der Waals surface area contributed by atoms with Gasteiger partial charge in [-0.2, -0.15) is 0 Å². The fourth-order valence-electron chi connectivity index (χ4n) is 5.20. The molecule has 5 rings (SSSR count). The number of halogens is 1. The number of hydrogen-bond acceptors (Lipinski definition) is 7. The van der Waals surface area contributed by atoms with Crippen LogP contribution < -0.4 is 14.8 Å². The third-order valence-corrected chi connectivity index (χ3v) is 7.21. The highest BCUT2D eigenvalue weighted by molar-refractivity contribution is 6.25. The summed E-state index contributed by atoms with van der Waals surface area (Å²) < 4.78 is 25.6. The zero-order valence-corrected chi connectivity index (χ0v) is 21.1. The first-order valence-corrected chi connectivity index (χ1v) is 11.8. The summed E-state index contributed by atoms with van der Waals surface area (Å²) in [4.78, 5) is 39.1. The van der Waals surface area contributed by atoms with Gasteiger partial charge in [0.15, 0.2) is 17.3 Å². The maximum atomic E-state index is 14.3. The van der Waals surface area contributed by atoms with Gasteiger partial charge in [0.05, 0.1) is 12.7 Å². The van der Waals surface area contributed by atoms with Gasteiger partial charge in [-0.05, 0) is 43.4 Å². The van der Waals surface area contributed by atoms with E-state index in [1.807, 2.05) is 6.92 Å². The standard InChI is InChI=1S/C29H24FNO7/c1-13-8-9-16-15(6-5-7-18(16)30)17(13)12-31-28(36)24-21(37-4)10-20(34)25-26(24)38-22-11-19(33)23(14(2)32)27(35)29(22,25)3/h5-11,33-34H,12H2,1-4H3,(H,31,36)/t29-/m1/s1. The molecule has 3 aromatic carbocycles. The lowest BCUT2D eigenvalue weighted by Gasteiger charge is -2.27. The lowest BCUT2D eigenvalue weighted by molar-refractivity contribution is -0.123. The van der Waals surface area contributed by atoms with Crippen molar-refractivity contribution in [3.63, 3.8) is 0 Å². The first kappa shape index (κ1) is 25.0. The molecule has 1 heterocycles. The van der Waals surface area contributed by atoms with E-state index in [0.717, 1.165) is 18.6 Å². The smallest absolute Gasteiger partial charge is 0.259 e. The number of ketones is 2. The van der Waals surface area contributed by atoms with Crippen molar-refractivity contribution in [1.82, 2.24) is 5.32 Å². The van der Waals surface area contributed by atoms with Crippen molar-refractivity contribution in [1.29, 1.82) is 0 Å². The van der Waals surface area contributed by atoms with E-state index < -0.39 is 34.2 Å². The molecule has 0 bridgehead atoms. The number of Topliss-reactive ketones (excluding diaryl/α,β-unsaturated/α-hetero) is 2. The number of fused-ring (bicyclic) bond motifs is 4. The number of rotatable bonds is 5. The van der Waals surface area contributed by atoms with E-state index in [2.05, 4.69) is 5.32 Å². The molecule has 8 nitrogen and oxygen atoms in total. The maximum absolute atomic E-state index is 14.3. The lowest BCUT2D eigenvalue weighted by atomic mass is 9.71. The molecule has 9 heteroatoms. The lowest BCUT2D eigenvalue weighted by Crippen LogP contribution is -2.38. The second kappa shape index (κ2) is 8.72. The average Bonchev–Trinajstić information content (AvgIpc) is 3.16. The van der Waals surface area contributed by atoms with Gasteiger partial charge < -0.3 is 25.0 Å². The Morgan fingerprint density at radius 3 is 2.58 bits per heavy atom. The van der Waals surface area contributed by atoms with Crippen LogP contribution in [0, 0.1) is 12.7 Å². The third kappa shape index (κ3) is 3.46. The topological polar surface area (TPSA) is 122 Å². The van der Waals surface area contributed by atoms with Crippen LogP contribution in [0.3, 0.4) is 0 Å². The number of benzene rings is 3. The Bertz CT molecular complexity index is 1650. The van der Waals surface area contributed by atoms with Gasteiger partial charge in [-0.15, -0.1) is 0 Å². The van der Waals surface area contributed by atoms with Crippen molar-refractivity contribution in [3.8, 4) is 17.2 Å². The second-order valence-electron chi connectivity index (χ2n) is 9.44. The normalized spacial score (nSPS) is 18.0. The average molecular weight is 518 g/mol. The predicted octanol–water partition coefficient (Wildman–Crippen LogP) is 4.45. The van der Waals surface area contributed by atoms with E-state index in [4.69, 9.17) is 9.47 Å². The van der Waals surface area contributed by atoms with E-state index in [9.17, 15) is 29.0 Å². The first-order chi connectivity index (χ1) is 18.0. The molecular formula is C29H24FNO7. The summed E-state index contributed by atoms with van der Waals surface area (Å²) in [6.45, 7) is 4.49. The number of aliphatic hydroxyl groups is 1. The Labute approximate surface area is 217 Å². The molecule has 0 aromatic heterocycles. The summed E-state index contributed by atoms with van der Waals surface area (Å²) in [5.74, 6) is -3.54. The van der Waals surface area contributed by atoms with Crippen LogP contribution in [-0.4, -0.2) is 34.8 Å². The quantitative estimate of drug-likeness (QED) is 0.428. The molecule has 0 fully saturated rings. The predicted molar refractivity (Wildman–Crippen MR) is 136 cm³/mol. The summed E-state index contributed by atoms with van der Waals surface area (Å²) in [7, 11) is 1.31. The van der Waals surface area contributed by atoms with Crippen LogP contribution >= 0.6 is 0 Å². The van der Waals surface area contributed by atoms with Crippen LogP contribution in [0.5, 0.6) is 17.2 Å². The summed E-state index contributed by atoms with van der Waals surface area (Å²) in [5.41, 5.74) is -0.628. The number of aryl methyl sites for hydroxylation is 1. The van der Waals surface area contributed by atoms with Gasteiger partial charge in [-0.3, -0.25) is 14.4 Å². The number of aliphatic hydroxyl groups excluding tert-OH is 1. The number of hydrogen-bond donors (Lipinski definition) is 3. The second-order valence-corrected chi connectivity index (χ2v) is 9.44. The maximum Gasteiger partial charge on any atom is 0.259 e. The highest BCUT2D eigenvalue weighted by atomic mass is 19.1. The number of carbonyl (C=O) groups excluding carboxylic acids is 3. The van der Waals surface area contributed by atoms with Crippen molar-refractivity contribution >= 4 is 28.2 Å². The molecule has 38 heavy (non-hydrogen) atoms.